The number of benzene rings is 1. The zero-order valence-corrected chi connectivity index (χ0v) is 20.8. The molecule has 1 aromatic carbocycles. The van der Waals surface area contributed by atoms with E-state index in [4.69, 9.17) is 14.6 Å². The highest BCUT2D eigenvalue weighted by Gasteiger charge is 2.32. The number of aryl methyl sites for hydroxylation is 1. The van der Waals surface area contributed by atoms with E-state index in [-0.39, 0.29) is 23.4 Å². The average molecular weight is 494 g/mol. The predicted octanol–water partition coefficient (Wildman–Crippen LogP) is 2.69. The number of hydrogen-bond acceptors (Lipinski definition) is 6. The molecule has 10 heteroatoms. The van der Waals surface area contributed by atoms with E-state index in [0.717, 1.165) is 70.3 Å². The first-order chi connectivity index (χ1) is 16.4. The normalized spacial score (nSPS) is 17.4. The standard InChI is InChI=1S/C25H37N3O6.H2O/c1-3-4-15-33-25(32)28-13-9-20(10-14-28)27-11-7-19(8-12-27)24(31)26-22-6-5-21(16-18(22)2)34-17-23(29)30;/h5-6,16,19-20H,3-4,7-15,17H2,1-2H3,(H,26,31)(H,29,30);1H2. The van der Waals surface area contributed by atoms with E-state index >= 15 is 0 Å². The number of aliphatic carboxylic acids is 1. The van der Waals surface area contributed by atoms with E-state index < -0.39 is 12.6 Å². The van der Waals surface area contributed by atoms with Gasteiger partial charge in [0.05, 0.1) is 6.61 Å². The minimum absolute atomic E-state index is 0. The summed E-state index contributed by atoms with van der Waals surface area (Å²) in [5, 5.41) is 11.7. The number of piperidine rings is 2. The number of nitrogens with zero attached hydrogens (tertiary/aromatic N) is 2. The highest BCUT2D eigenvalue weighted by atomic mass is 16.6. The van der Waals surface area contributed by atoms with Gasteiger partial charge < -0.3 is 35.2 Å². The number of amides is 2. The van der Waals surface area contributed by atoms with Crippen molar-refractivity contribution in [3.8, 4) is 5.75 Å². The van der Waals surface area contributed by atoms with Gasteiger partial charge in [0.2, 0.25) is 5.91 Å². The Morgan fingerprint density at radius 1 is 1.09 bits per heavy atom. The van der Waals surface area contributed by atoms with Gasteiger partial charge in [0.15, 0.2) is 6.61 Å². The summed E-state index contributed by atoms with van der Waals surface area (Å²) in [6.07, 6.45) is 5.22. The van der Waals surface area contributed by atoms with E-state index in [1.807, 2.05) is 11.8 Å². The molecule has 2 heterocycles. The van der Waals surface area contributed by atoms with Crippen LogP contribution in [-0.2, 0) is 14.3 Å². The van der Waals surface area contributed by atoms with Crippen LogP contribution in [0.2, 0.25) is 0 Å². The summed E-state index contributed by atoms with van der Waals surface area (Å²) in [7, 11) is 0. The number of carboxylic acid groups (broad SMARTS) is 1. The van der Waals surface area contributed by atoms with Crippen molar-refractivity contribution in [1.82, 2.24) is 9.80 Å². The van der Waals surface area contributed by atoms with Crippen molar-refractivity contribution >= 4 is 23.7 Å². The third-order valence-corrected chi connectivity index (χ3v) is 6.68. The number of anilines is 1. The lowest BCUT2D eigenvalue weighted by molar-refractivity contribution is -0.139. The number of carbonyl (C=O) groups excluding carboxylic acids is 2. The van der Waals surface area contributed by atoms with Gasteiger partial charge in [0.25, 0.3) is 0 Å². The molecule has 0 bridgehead atoms. The van der Waals surface area contributed by atoms with Crippen LogP contribution in [0, 0.1) is 12.8 Å². The highest BCUT2D eigenvalue weighted by molar-refractivity contribution is 5.93. The Labute approximate surface area is 206 Å². The molecule has 0 aromatic heterocycles. The van der Waals surface area contributed by atoms with Crippen LogP contribution < -0.4 is 10.1 Å². The molecule has 1 aromatic rings. The van der Waals surface area contributed by atoms with Gasteiger partial charge in [0, 0.05) is 30.7 Å². The van der Waals surface area contributed by atoms with Crippen LogP contribution in [-0.4, -0.2) is 83.8 Å². The molecule has 2 aliphatic rings. The Bertz CT molecular complexity index is 847. The van der Waals surface area contributed by atoms with Crippen LogP contribution in [0.5, 0.6) is 5.75 Å². The number of unbranched alkanes of at least 4 members (excludes halogenated alkanes) is 1. The van der Waals surface area contributed by atoms with Crippen LogP contribution in [0.1, 0.15) is 51.0 Å². The number of rotatable bonds is 9. The molecule has 0 saturated carbocycles. The summed E-state index contributed by atoms with van der Waals surface area (Å²) in [5.41, 5.74) is 1.54. The van der Waals surface area contributed by atoms with Gasteiger partial charge in [-0.05, 0) is 75.9 Å². The lowest BCUT2D eigenvalue weighted by Gasteiger charge is -2.41. The number of ether oxygens (including phenoxy) is 2. The van der Waals surface area contributed by atoms with Gasteiger partial charge >= 0.3 is 12.1 Å². The Morgan fingerprint density at radius 2 is 1.77 bits per heavy atom. The molecule has 0 atom stereocenters. The molecule has 3 rings (SSSR count). The molecule has 0 aliphatic carbocycles. The van der Waals surface area contributed by atoms with Gasteiger partial charge in [0.1, 0.15) is 5.75 Å². The molecular formula is C25H39N3O7. The number of hydrogen-bond donors (Lipinski definition) is 2. The first-order valence-electron chi connectivity index (χ1n) is 12.3. The molecule has 10 nitrogen and oxygen atoms in total. The molecule has 2 aliphatic heterocycles. The van der Waals surface area contributed by atoms with Crippen molar-refractivity contribution in [3.05, 3.63) is 23.8 Å². The molecular weight excluding hydrogens is 454 g/mol. The number of carbonyl (C=O) groups is 3. The molecule has 35 heavy (non-hydrogen) atoms. The fourth-order valence-corrected chi connectivity index (χ4v) is 4.58. The number of carboxylic acids is 1. The van der Waals surface area contributed by atoms with E-state index in [2.05, 4.69) is 17.1 Å². The maximum absolute atomic E-state index is 12.8. The highest BCUT2D eigenvalue weighted by Crippen LogP contribution is 2.27. The van der Waals surface area contributed by atoms with E-state index in [0.29, 0.717) is 24.1 Å². The molecule has 196 valence electrons. The first-order valence-corrected chi connectivity index (χ1v) is 12.3. The Kier molecular flexibility index (Phi) is 11.3. The summed E-state index contributed by atoms with van der Waals surface area (Å²) in [4.78, 5) is 39.9. The van der Waals surface area contributed by atoms with Crippen molar-refractivity contribution in [3.63, 3.8) is 0 Å². The second-order valence-corrected chi connectivity index (χ2v) is 9.14. The molecule has 2 fully saturated rings. The lowest BCUT2D eigenvalue weighted by Crippen LogP contribution is -2.49. The minimum atomic E-state index is -1.03. The topological polar surface area (TPSA) is 140 Å². The molecule has 0 spiro atoms. The summed E-state index contributed by atoms with van der Waals surface area (Å²) in [6, 6.07) is 5.60. The zero-order valence-electron chi connectivity index (χ0n) is 20.8. The fraction of sp³-hybridized carbons (Fsp3) is 0.640. The van der Waals surface area contributed by atoms with Gasteiger partial charge in [-0.25, -0.2) is 9.59 Å². The summed E-state index contributed by atoms with van der Waals surface area (Å²) >= 11 is 0. The predicted molar refractivity (Wildman–Crippen MR) is 132 cm³/mol. The van der Waals surface area contributed by atoms with Crippen LogP contribution in [0.25, 0.3) is 0 Å². The SMILES string of the molecule is CCCCOC(=O)N1CCC(N2CCC(C(=O)Nc3ccc(OCC(=O)O)cc3C)CC2)CC1.O. The van der Waals surface area contributed by atoms with E-state index in [1.54, 1.807) is 18.2 Å². The minimum Gasteiger partial charge on any atom is -0.482 e. The smallest absolute Gasteiger partial charge is 0.409 e. The first kappa shape index (κ1) is 28.4. The maximum Gasteiger partial charge on any atom is 0.409 e. The van der Waals surface area contributed by atoms with Crippen molar-refractivity contribution in [2.24, 2.45) is 5.92 Å². The third kappa shape index (κ3) is 8.40. The number of nitrogens with one attached hydrogen (secondary N) is 1. The van der Waals surface area contributed by atoms with E-state index in [9.17, 15) is 14.4 Å². The summed E-state index contributed by atoms with van der Waals surface area (Å²) in [5.74, 6) is -0.581. The van der Waals surface area contributed by atoms with Crippen molar-refractivity contribution in [2.75, 3.05) is 44.7 Å². The van der Waals surface area contributed by atoms with Gasteiger partial charge in [-0.15, -0.1) is 0 Å². The van der Waals surface area contributed by atoms with Crippen molar-refractivity contribution in [1.29, 1.82) is 0 Å². The summed E-state index contributed by atoms with van der Waals surface area (Å²) < 4.78 is 10.5. The molecule has 0 unspecified atom stereocenters. The quantitative estimate of drug-likeness (QED) is 0.504. The van der Waals surface area contributed by atoms with Gasteiger partial charge in [-0.3, -0.25) is 4.79 Å². The van der Waals surface area contributed by atoms with Crippen LogP contribution in [0.15, 0.2) is 18.2 Å². The van der Waals surface area contributed by atoms with Crippen LogP contribution in [0.4, 0.5) is 10.5 Å². The largest absolute Gasteiger partial charge is 0.482 e. The van der Waals surface area contributed by atoms with E-state index in [1.165, 1.54) is 0 Å². The van der Waals surface area contributed by atoms with Crippen LogP contribution in [0.3, 0.4) is 0 Å². The maximum atomic E-state index is 12.8. The fourth-order valence-electron chi connectivity index (χ4n) is 4.58. The third-order valence-electron chi connectivity index (χ3n) is 6.68. The van der Waals surface area contributed by atoms with Gasteiger partial charge in [-0.2, -0.15) is 0 Å². The molecule has 0 radical (unpaired) electrons. The van der Waals surface area contributed by atoms with Crippen LogP contribution >= 0.6 is 0 Å². The monoisotopic (exact) mass is 493 g/mol. The average Bonchev–Trinajstić information content (AvgIpc) is 2.84. The van der Waals surface area contributed by atoms with Crippen molar-refractivity contribution < 1.29 is 34.4 Å². The molecule has 2 amide bonds. The molecule has 4 N–H and O–H groups in total. The molecule has 2 saturated heterocycles. The Hall–Kier alpha value is -2.85. The Morgan fingerprint density at radius 3 is 2.37 bits per heavy atom. The second kappa shape index (κ2) is 13.9. The summed E-state index contributed by atoms with van der Waals surface area (Å²) in [6.45, 7) is 7.24. The van der Waals surface area contributed by atoms with Crippen molar-refractivity contribution in [2.45, 2.75) is 58.4 Å². The lowest BCUT2D eigenvalue weighted by atomic mass is 9.92. The number of likely N-dealkylation sites (tertiary alicyclic amines) is 2. The van der Waals surface area contributed by atoms with Gasteiger partial charge in [-0.1, -0.05) is 13.3 Å². The second-order valence-electron chi connectivity index (χ2n) is 9.14. The Balaban J connectivity index is 0.00000432. The zero-order chi connectivity index (χ0) is 24.5.